The number of nitrogens with zero attached hydrogens (tertiary/aromatic N) is 6. The molecule has 0 saturated carbocycles. The number of carbonyl (C=O) groups is 4. The first-order valence-corrected chi connectivity index (χ1v) is 11.1. The number of fused-ring (bicyclic) bond motifs is 1. The van der Waals surface area contributed by atoms with E-state index in [9.17, 15) is 19.2 Å². The quantitative estimate of drug-likeness (QED) is 0.585. The van der Waals surface area contributed by atoms with Gasteiger partial charge in [-0.2, -0.15) is 0 Å². The van der Waals surface area contributed by atoms with E-state index >= 15 is 0 Å². The Kier molecular flexibility index (Phi) is 6.80. The van der Waals surface area contributed by atoms with Crippen molar-refractivity contribution in [1.82, 2.24) is 19.6 Å². The van der Waals surface area contributed by atoms with E-state index < -0.39 is 17.9 Å². The molecule has 1 unspecified atom stereocenters. The number of hydrogen-bond donors (Lipinski definition) is 0. The molecule has 3 heterocycles. The number of hydrogen-bond acceptors (Lipinski definition) is 5. The average Bonchev–Trinajstić information content (AvgIpc) is 2.74. The third kappa shape index (κ3) is 4.31. The van der Waals surface area contributed by atoms with E-state index in [1.54, 1.807) is 36.0 Å². The number of rotatable bonds is 4. The van der Waals surface area contributed by atoms with Crippen molar-refractivity contribution >= 4 is 35.3 Å². The zero-order valence-electron chi connectivity index (χ0n) is 19.7. The minimum Gasteiger partial charge on any atom is -0.336 e. The molecule has 2 fully saturated rings. The van der Waals surface area contributed by atoms with Crippen LogP contribution in [0.1, 0.15) is 34.6 Å². The number of amidine groups is 1. The molecule has 0 aromatic heterocycles. The van der Waals surface area contributed by atoms with Crippen LogP contribution in [-0.2, 0) is 14.4 Å². The smallest absolute Gasteiger partial charge is 0.332 e. The minimum absolute atomic E-state index is 0.0275. The summed E-state index contributed by atoms with van der Waals surface area (Å²) in [6.45, 7) is 11.2. The van der Waals surface area contributed by atoms with Crippen molar-refractivity contribution in [2.75, 3.05) is 39.8 Å². The van der Waals surface area contributed by atoms with E-state index in [2.05, 4.69) is 9.57 Å². The Morgan fingerprint density at radius 1 is 1.16 bits per heavy atom. The van der Waals surface area contributed by atoms with Crippen molar-refractivity contribution in [3.63, 3.8) is 0 Å². The number of carbonyl (C=O) groups excluding carboxylic acids is 4. The monoisotopic (exact) mass is 445 g/mol. The van der Waals surface area contributed by atoms with E-state index in [-0.39, 0.29) is 30.4 Å². The fourth-order valence-electron chi connectivity index (χ4n) is 4.64. The molecule has 0 aromatic carbocycles. The Labute approximate surface area is 188 Å². The second-order valence-corrected chi connectivity index (χ2v) is 8.91. The number of urea groups is 1. The summed E-state index contributed by atoms with van der Waals surface area (Å²) in [4.78, 5) is 61.3. The third-order valence-electron chi connectivity index (χ3n) is 6.16. The van der Waals surface area contributed by atoms with E-state index in [4.69, 9.17) is 0 Å². The largest absolute Gasteiger partial charge is 0.336 e. The molecule has 10 heteroatoms. The van der Waals surface area contributed by atoms with Gasteiger partial charge >= 0.3 is 6.03 Å². The lowest BCUT2D eigenvalue weighted by Crippen LogP contribution is -2.63. The molecule has 2 saturated heterocycles. The third-order valence-corrected chi connectivity index (χ3v) is 6.16. The SMILES string of the molecule is CC(=O)N1CC[N+](=C2C=CN=C3C2C(=O)N(CC(=O)N(C(C)C)C(C)C)C(=O)N3C)CC1. The molecule has 0 bridgehead atoms. The molecule has 0 N–H and O–H groups in total. The minimum atomic E-state index is -0.758. The van der Waals surface area contributed by atoms with Crippen LogP contribution in [0.5, 0.6) is 0 Å². The lowest BCUT2D eigenvalue weighted by atomic mass is 9.94. The van der Waals surface area contributed by atoms with Crippen LogP contribution in [0.4, 0.5) is 4.79 Å². The molecule has 3 aliphatic heterocycles. The second kappa shape index (κ2) is 9.22. The normalized spacial score (nSPS) is 21.4. The maximum absolute atomic E-state index is 13.5. The maximum Gasteiger partial charge on any atom is 0.332 e. The highest BCUT2D eigenvalue weighted by Gasteiger charge is 2.49. The first-order valence-electron chi connectivity index (χ1n) is 11.1. The molecular weight excluding hydrogens is 412 g/mol. The molecule has 174 valence electrons. The summed E-state index contributed by atoms with van der Waals surface area (Å²) < 4.78 is 2.06. The zero-order valence-corrected chi connectivity index (χ0v) is 19.7. The Morgan fingerprint density at radius 3 is 2.28 bits per heavy atom. The maximum atomic E-state index is 13.5. The average molecular weight is 446 g/mol. The van der Waals surface area contributed by atoms with Crippen LogP contribution in [0.2, 0.25) is 0 Å². The van der Waals surface area contributed by atoms with E-state index in [0.29, 0.717) is 32.0 Å². The van der Waals surface area contributed by atoms with Gasteiger partial charge in [0.2, 0.25) is 11.8 Å². The van der Waals surface area contributed by atoms with Gasteiger partial charge in [0.25, 0.3) is 5.91 Å². The van der Waals surface area contributed by atoms with Gasteiger partial charge in [-0.15, -0.1) is 0 Å². The van der Waals surface area contributed by atoms with Crippen LogP contribution < -0.4 is 0 Å². The van der Waals surface area contributed by atoms with Gasteiger partial charge in [-0.05, 0) is 27.7 Å². The Morgan fingerprint density at radius 2 is 1.75 bits per heavy atom. The first kappa shape index (κ1) is 23.6. The highest BCUT2D eigenvalue weighted by molar-refractivity contribution is 6.31. The Hall–Kier alpha value is -3.04. The molecular formula is C22H33N6O4+. The van der Waals surface area contributed by atoms with E-state index in [1.807, 2.05) is 27.7 Å². The van der Waals surface area contributed by atoms with Gasteiger partial charge in [0.05, 0.1) is 13.1 Å². The van der Waals surface area contributed by atoms with Gasteiger partial charge < -0.3 is 9.80 Å². The standard InChI is InChI=1S/C22H33N6O4/c1-14(2)28(15(3)4)18(30)13-27-21(31)19-17(7-8-23-20(19)24(6)22(27)32)26-11-9-25(10-12-26)16(5)29/h7-8,14-15,19H,9-13H2,1-6H3/q+1. The zero-order chi connectivity index (χ0) is 23.7. The molecule has 5 amide bonds. The van der Waals surface area contributed by atoms with E-state index in [1.165, 1.54) is 4.90 Å². The van der Waals surface area contributed by atoms with Gasteiger partial charge in [-0.3, -0.25) is 24.2 Å². The summed E-state index contributed by atoms with van der Waals surface area (Å²) in [6.07, 6.45) is 3.38. The molecule has 10 nitrogen and oxygen atoms in total. The topological polar surface area (TPSA) is 96.6 Å². The molecule has 3 aliphatic rings. The predicted molar refractivity (Wildman–Crippen MR) is 119 cm³/mol. The van der Waals surface area contributed by atoms with Gasteiger partial charge in [0.15, 0.2) is 24.7 Å². The Bertz CT molecular complexity index is 901. The summed E-state index contributed by atoms with van der Waals surface area (Å²) in [5, 5.41) is 0. The molecule has 1 atom stereocenters. The van der Waals surface area contributed by atoms with Crippen LogP contribution in [0.3, 0.4) is 0 Å². The van der Waals surface area contributed by atoms with Crippen LogP contribution >= 0.6 is 0 Å². The van der Waals surface area contributed by atoms with Crippen LogP contribution in [-0.4, -0.2) is 111 Å². The molecule has 0 aromatic rings. The number of imide groups is 1. The van der Waals surface area contributed by atoms with Crippen molar-refractivity contribution in [1.29, 1.82) is 0 Å². The molecule has 3 rings (SSSR count). The highest BCUT2D eigenvalue weighted by atomic mass is 16.2. The van der Waals surface area contributed by atoms with Crippen molar-refractivity contribution in [3.05, 3.63) is 12.3 Å². The van der Waals surface area contributed by atoms with Crippen LogP contribution in [0.25, 0.3) is 0 Å². The number of allylic oxidation sites excluding steroid dienone is 1. The summed E-state index contributed by atoms with van der Waals surface area (Å²) in [6, 6.07) is -0.656. The van der Waals surface area contributed by atoms with Crippen LogP contribution in [0.15, 0.2) is 17.3 Å². The van der Waals surface area contributed by atoms with Gasteiger partial charge in [-0.1, -0.05) is 0 Å². The molecule has 0 radical (unpaired) electrons. The van der Waals surface area contributed by atoms with Crippen molar-refractivity contribution in [3.8, 4) is 0 Å². The summed E-state index contributed by atoms with van der Waals surface area (Å²) in [5.41, 5.74) is 0.740. The fourth-order valence-corrected chi connectivity index (χ4v) is 4.64. The Balaban J connectivity index is 1.90. The number of amides is 5. The van der Waals surface area contributed by atoms with Crippen molar-refractivity contribution < 1.29 is 23.8 Å². The predicted octanol–water partition coefficient (Wildman–Crippen LogP) is 0.383. The molecule has 32 heavy (non-hydrogen) atoms. The van der Waals surface area contributed by atoms with Crippen molar-refractivity contribution in [2.45, 2.75) is 46.7 Å². The summed E-state index contributed by atoms with van der Waals surface area (Å²) >= 11 is 0. The lowest BCUT2D eigenvalue weighted by Gasteiger charge is -2.39. The fraction of sp³-hybridized carbons (Fsp3) is 0.636. The summed E-state index contributed by atoms with van der Waals surface area (Å²) in [5.74, 6) is -1.08. The number of piperazine rings is 1. The lowest BCUT2D eigenvalue weighted by molar-refractivity contribution is -0.538. The highest BCUT2D eigenvalue weighted by Crippen LogP contribution is 2.24. The molecule has 0 aliphatic carbocycles. The van der Waals surface area contributed by atoms with Gasteiger partial charge in [0.1, 0.15) is 12.4 Å². The van der Waals surface area contributed by atoms with Crippen LogP contribution in [0, 0.1) is 5.92 Å². The van der Waals surface area contributed by atoms with Gasteiger partial charge in [0, 0.05) is 38.3 Å². The van der Waals surface area contributed by atoms with Crippen molar-refractivity contribution in [2.24, 2.45) is 10.9 Å². The second-order valence-electron chi connectivity index (χ2n) is 8.91. The summed E-state index contributed by atoms with van der Waals surface area (Å²) in [7, 11) is 1.57. The van der Waals surface area contributed by atoms with Gasteiger partial charge in [-0.25, -0.2) is 14.4 Å². The van der Waals surface area contributed by atoms with E-state index in [0.717, 1.165) is 10.6 Å². The first-order chi connectivity index (χ1) is 15.0. The molecule has 0 spiro atoms. The number of aliphatic imine (C=N–C) groups is 1.